The molecule has 0 aliphatic carbocycles. The van der Waals surface area contributed by atoms with Crippen LogP contribution in [-0.2, 0) is 0 Å². The lowest BCUT2D eigenvalue weighted by atomic mass is 10.2. The maximum absolute atomic E-state index is 12.6. The monoisotopic (exact) mass is 292 g/mol. The van der Waals surface area contributed by atoms with Gasteiger partial charge in [-0.25, -0.2) is 0 Å². The van der Waals surface area contributed by atoms with Gasteiger partial charge >= 0.3 is 0 Å². The van der Waals surface area contributed by atoms with E-state index >= 15 is 0 Å². The highest BCUT2D eigenvalue weighted by molar-refractivity contribution is 7.21. The fourth-order valence-electron chi connectivity index (χ4n) is 2.29. The molecule has 1 aromatic carbocycles. The number of nitrogens with zero attached hydrogens (tertiary/aromatic N) is 1. The van der Waals surface area contributed by atoms with Crippen molar-refractivity contribution in [2.24, 2.45) is 0 Å². The summed E-state index contributed by atoms with van der Waals surface area (Å²) < 4.78 is 6.32. The first-order chi connectivity index (χ1) is 9.63. The molecule has 1 heterocycles. The molecule has 0 radical (unpaired) electrons. The van der Waals surface area contributed by atoms with Crippen molar-refractivity contribution in [3.8, 4) is 5.75 Å². The van der Waals surface area contributed by atoms with Crippen molar-refractivity contribution in [3.63, 3.8) is 0 Å². The fourth-order valence-corrected chi connectivity index (χ4v) is 3.39. The predicted octanol–water partition coefficient (Wildman–Crippen LogP) is 3.36. The van der Waals surface area contributed by atoms with Crippen molar-refractivity contribution in [2.75, 3.05) is 25.9 Å². The van der Waals surface area contributed by atoms with Crippen LogP contribution >= 0.6 is 11.3 Å². The van der Waals surface area contributed by atoms with Crippen LogP contribution in [0.25, 0.3) is 10.1 Å². The molecular weight excluding hydrogens is 272 g/mol. The van der Waals surface area contributed by atoms with E-state index in [1.807, 2.05) is 30.0 Å². The number of rotatable bonds is 5. The summed E-state index contributed by atoms with van der Waals surface area (Å²) >= 11 is 1.43. The van der Waals surface area contributed by atoms with Gasteiger partial charge in [-0.2, -0.15) is 0 Å². The van der Waals surface area contributed by atoms with Crippen LogP contribution in [0.5, 0.6) is 5.75 Å². The minimum Gasteiger partial charge on any atom is -0.496 e. The first-order valence-corrected chi connectivity index (χ1v) is 7.59. The highest BCUT2D eigenvalue weighted by Gasteiger charge is 2.22. The van der Waals surface area contributed by atoms with Gasteiger partial charge in [-0.15, -0.1) is 11.3 Å². The second kappa shape index (κ2) is 6.13. The topological polar surface area (TPSA) is 55.6 Å². The summed E-state index contributed by atoms with van der Waals surface area (Å²) in [4.78, 5) is 15.0. The number of carbonyl (C=O) groups excluding carboxylic acids is 1. The van der Waals surface area contributed by atoms with Gasteiger partial charge in [-0.05, 0) is 25.5 Å². The zero-order chi connectivity index (χ0) is 14.7. The van der Waals surface area contributed by atoms with Gasteiger partial charge < -0.3 is 15.4 Å². The predicted molar refractivity (Wildman–Crippen MR) is 84.7 cm³/mol. The second-order valence-electron chi connectivity index (χ2n) is 4.56. The minimum atomic E-state index is 0.00935. The van der Waals surface area contributed by atoms with Gasteiger partial charge in [0.25, 0.3) is 5.91 Å². The van der Waals surface area contributed by atoms with Crippen LogP contribution in [0, 0.1) is 0 Å². The number of hydrogen-bond donors (Lipinski definition) is 1. The van der Waals surface area contributed by atoms with Crippen molar-refractivity contribution in [1.82, 2.24) is 4.90 Å². The standard InChI is InChI=1S/C15H20N2O2S/c1-4-9-17(5-2)15(18)14-13(16)12-10(19-3)7-6-8-11(12)20-14/h6-8H,4-5,9,16H2,1-3H3. The van der Waals surface area contributed by atoms with Gasteiger partial charge in [0.1, 0.15) is 10.6 Å². The molecule has 20 heavy (non-hydrogen) atoms. The average Bonchev–Trinajstić information content (AvgIpc) is 2.81. The molecule has 5 heteroatoms. The quantitative estimate of drug-likeness (QED) is 0.919. The number of fused-ring (bicyclic) bond motifs is 1. The lowest BCUT2D eigenvalue weighted by molar-refractivity contribution is 0.0770. The third-order valence-electron chi connectivity index (χ3n) is 3.29. The zero-order valence-corrected chi connectivity index (χ0v) is 12.9. The third kappa shape index (κ3) is 2.45. The minimum absolute atomic E-state index is 0.00935. The number of anilines is 1. The van der Waals surface area contributed by atoms with Gasteiger partial charge in [0.2, 0.25) is 0 Å². The van der Waals surface area contributed by atoms with Crippen molar-refractivity contribution in [1.29, 1.82) is 0 Å². The van der Waals surface area contributed by atoms with Crippen molar-refractivity contribution < 1.29 is 9.53 Å². The maximum atomic E-state index is 12.6. The number of methoxy groups -OCH3 is 1. The van der Waals surface area contributed by atoms with E-state index in [1.54, 1.807) is 7.11 Å². The number of carbonyl (C=O) groups is 1. The molecule has 2 rings (SSSR count). The van der Waals surface area contributed by atoms with Crippen LogP contribution < -0.4 is 10.5 Å². The first-order valence-electron chi connectivity index (χ1n) is 6.78. The van der Waals surface area contributed by atoms with E-state index < -0.39 is 0 Å². The molecule has 0 unspecified atom stereocenters. The number of nitrogen functional groups attached to an aromatic ring is 1. The number of ether oxygens (including phenoxy) is 1. The number of benzene rings is 1. The molecule has 1 aromatic heterocycles. The lowest BCUT2D eigenvalue weighted by Gasteiger charge is -2.19. The molecular formula is C15H20N2O2S. The molecule has 0 saturated heterocycles. The largest absolute Gasteiger partial charge is 0.496 e. The third-order valence-corrected chi connectivity index (χ3v) is 4.45. The smallest absolute Gasteiger partial charge is 0.266 e. The number of thiophene rings is 1. The Kier molecular flexibility index (Phi) is 4.49. The summed E-state index contributed by atoms with van der Waals surface area (Å²) in [6.45, 7) is 5.49. The van der Waals surface area contributed by atoms with Crippen LogP contribution in [0.15, 0.2) is 18.2 Å². The van der Waals surface area contributed by atoms with Gasteiger partial charge in [-0.1, -0.05) is 13.0 Å². The van der Waals surface area contributed by atoms with Crippen molar-refractivity contribution in [3.05, 3.63) is 23.1 Å². The van der Waals surface area contributed by atoms with Crippen molar-refractivity contribution >= 4 is 33.0 Å². The van der Waals surface area contributed by atoms with E-state index in [0.717, 1.165) is 23.1 Å². The van der Waals surface area contributed by atoms with Gasteiger partial charge in [-0.3, -0.25) is 4.79 Å². The van der Waals surface area contributed by atoms with Crippen LogP contribution in [0.4, 0.5) is 5.69 Å². The normalized spacial score (nSPS) is 10.8. The number of hydrogen-bond acceptors (Lipinski definition) is 4. The first kappa shape index (κ1) is 14.7. The summed E-state index contributed by atoms with van der Waals surface area (Å²) in [7, 11) is 1.61. The Labute approximate surface area is 123 Å². The van der Waals surface area contributed by atoms with Gasteiger partial charge in [0, 0.05) is 17.8 Å². The van der Waals surface area contributed by atoms with E-state index in [1.165, 1.54) is 11.3 Å². The van der Waals surface area contributed by atoms with E-state index in [-0.39, 0.29) is 5.91 Å². The van der Waals surface area contributed by atoms with Crippen LogP contribution in [0.2, 0.25) is 0 Å². The number of nitrogens with two attached hydrogens (primary N) is 1. The molecule has 0 atom stereocenters. The Morgan fingerprint density at radius 1 is 1.40 bits per heavy atom. The summed E-state index contributed by atoms with van der Waals surface area (Å²) in [6, 6.07) is 5.74. The molecule has 0 aliphatic rings. The SMILES string of the molecule is CCCN(CC)C(=O)c1sc2cccc(OC)c2c1N. The van der Waals surface area contributed by atoms with E-state index in [2.05, 4.69) is 6.92 Å². The van der Waals surface area contributed by atoms with Crippen LogP contribution in [0.1, 0.15) is 29.9 Å². The zero-order valence-electron chi connectivity index (χ0n) is 12.1. The highest BCUT2D eigenvalue weighted by Crippen LogP contribution is 2.39. The summed E-state index contributed by atoms with van der Waals surface area (Å²) in [5, 5.41) is 0.843. The molecule has 0 saturated carbocycles. The van der Waals surface area contributed by atoms with Gasteiger partial charge in [0.15, 0.2) is 0 Å². The van der Waals surface area contributed by atoms with Crippen LogP contribution in [-0.4, -0.2) is 31.0 Å². The summed E-state index contributed by atoms with van der Waals surface area (Å²) in [5.41, 5.74) is 6.72. The molecule has 0 aliphatic heterocycles. The van der Waals surface area contributed by atoms with E-state index in [4.69, 9.17) is 10.5 Å². The Hall–Kier alpha value is -1.75. The number of amides is 1. The molecule has 0 spiro atoms. The Morgan fingerprint density at radius 2 is 2.15 bits per heavy atom. The van der Waals surface area contributed by atoms with Crippen molar-refractivity contribution in [2.45, 2.75) is 20.3 Å². The molecule has 2 aromatic rings. The fraction of sp³-hybridized carbons (Fsp3) is 0.400. The molecule has 2 N–H and O–H groups in total. The van der Waals surface area contributed by atoms with E-state index in [9.17, 15) is 4.79 Å². The summed E-state index contributed by atoms with van der Waals surface area (Å²) in [5.74, 6) is 0.726. The second-order valence-corrected chi connectivity index (χ2v) is 5.62. The molecule has 0 fully saturated rings. The van der Waals surface area contributed by atoms with Gasteiger partial charge in [0.05, 0.1) is 18.2 Å². The average molecular weight is 292 g/mol. The van der Waals surface area contributed by atoms with Crippen LogP contribution in [0.3, 0.4) is 0 Å². The Morgan fingerprint density at radius 3 is 2.75 bits per heavy atom. The Balaban J connectivity index is 2.50. The summed E-state index contributed by atoms with van der Waals surface area (Å²) in [6.07, 6.45) is 0.938. The highest BCUT2D eigenvalue weighted by atomic mass is 32.1. The van der Waals surface area contributed by atoms with E-state index in [0.29, 0.717) is 22.9 Å². The maximum Gasteiger partial charge on any atom is 0.266 e. The molecule has 4 nitrogen and oxygen atoms in total. The molecule has 108 valence electrons. The lowest BCUT2D eigenvalue weighted by Crippen LogP contribution is -2.31. The molecule has 1 amide bonds. The Bertz CT molecular complexity index is 622. The molecule has 0 bridgehead atoms.